The summed E-state index contributed by atoms with van der Waals surface area (Å²) in [7, 11) is -3.70. The quantitative estimate of drug-likeness (QED) is 0.163. The molecule has 0 aromatic heterocycles. The highest BCUT2D eigenvalue weighted by molar-refractivity contribution is 7.90. The molecule has 0 aliphatic carbocycles. The predicted molar refractivity (Wildman–Crippen MR) is 152 cm³/mol. The minimum atomic E-state index is -3.70. The van der Waals surface area contributed by atoms with E-state index in [0.29, 0.717) is 12.3 Å². The van der Waals surface area contributed by atoms with Crippen LogP contribution in [0, 0.1) is 0 Å². The molecular weight excluding hydrogens is 552 g/mol. The summed E-state index contributed by atoms with van der Waals surface area (Å²) in [4.78, 5) is 24.3. The highest BCUT2D eigenvalue weighted by Crippen LogP contribution is 2.43. The average Bonchev–Trinajstić information content (AvgIpc) is 2.90. The molecule has 0 radical (unpaired) electrons. The molecule has 220 valence electrons. The number of aliphatic carboxylic acids is 2. The summed E-state index contributed by atoms with van der Waals surface area (Å²) in [5.74, 6) is -3.16. The first kappa shape index (κ1) is 31.4. The minimum Gasteiger partial charge on any atom is -0.491 e. The Bertz CT molecular complexity index is 1430. The fourth-order valence-electron chi connectivity index (χ4n) is 4.38. The van der Waals surface area contributed by atoms with Gasteiger partial charge in [-0.2, -0.15) is 0 Å². The number of nitrogens with one attached hydrogen (secondary N) is 2. The fourth-order valence-corrected chi connectivity index (χ4v) is 5.03. The van der Waals surface area contributed by atoms with E-state index in [4.69, 9.17) is 9.47 Å². The largest absolute Gasteiger partial charge is 0.491 e. The van der Waals surface area contributed by atoms with Crippen LogP contribution < -0.4 is 20.1 Å². The summed E-state index contributed by atoms with van der Waals surface area (Å²) < 4.78 is 36.0. The van der Waals surface area contributed by atoms with E-state index in [9.17, 15) is 33.3 Å². The number of para-hydroxylation sites is 1. The molecule has 11 nitrogen and oxygen atoms in total. The molecule has 2 aromatic carbocycles. The van der Waals surface area contributed by atoms with Crippen LogP contribution in [0.4, 0.5) is 0 Å². The number of aliphatic hydroxyl groups excluding tert-OH is 1. The molecule has 1 heterocycles. The first-order chi connectivity index (χ1) is 19.4. The molecule has 12 heteroatoms. The van der Waals surface area contributed by atoms with Gasteiger partial charge in [-0.1, -0.05) is 30.4 Å². The zero-order valence-electron chi connectivity index (χ0n) is 23.0. The summed E-state index contributed by atoms with van der Waals surface area (Å²) in [5.41, 5.74) is 0.137. The van der Waals surface area contributed by atoms with Crippen molar-refractivity contribution in [1.82, 2.24) is 10.6 Å². The summed E-state index contributed by atoms with van der Waals surface area (Å²) in [6.45, 7) is 3.90. The van der Waals surface area contributed by atoms with Gasteiger partial charge in [-0.25, -0.2) is 18.0 Å². The van der Waals surface area contributed by atoms with Crippen molar-refractivity contribution in [3.05, 3.63) is 88.8 Å². The van der Waals surface area contributed by atoms with Crippen molar-refractivity contribution >= 4 is 21.8 Å². The van der Waals surface area contributed by atoms with Gasteiger partial charge in [0.05, 0.1) is 22.0 Å². The second-order valence-corrected chi connectivity index (χ2v) is 11.5. The molecule has 41 heavy (non-hydrogen) atoms. The van der Waals surface area contributed by atoms with Crippen LogP contribution in [0.25, 0.3) is 0 Å². The number of aliphatic hydroxyl groups is 1. The van der Waals surface area contributed by atoms with Crippen molar-refractivity contribution < 1.29 is 42.8 Å². The number of allylic oxidation sites excluding steroid dienone is 2. The number of hydrogen-bond acceptors (Lipinski definition) is 9. The van der Waals surface area contributed by atoms with Crippen LogP contribution in [0.1, 0.15) is 25.3 Å². The number of dihydropyridines is 1. The maximum atomic E-state index is 12.3. The Morgan fingerprint density at radius 3 is 2.22 bits per heavy atom. The second kappa shape index (κ2) is 14.0. The Labute approximate surface area is 238 Å². The lowest BCUT2D eigenvalue weighted by atomic mass is 9.80. The molecule has 2 aromatic rings. The molecule has 0 spiro atoms. The van der Waals surface area contributed by atoms with Crippen LogP contribution >= 0.6 is 0 Å². The Morgan fingerprint density at radius 1 is 1.00 bits per heavy atom. The smallest absolute Gasteiger partial charge is 0.334 e. The molecule has 0 saturated carbocycles. The van der Waals surface area contributed by atoms with Crippen molar-refractivity contribution in [3.63, 3.8) is 0 Å². The highest BCUT2D eigenvalue weighted by atomic mass is 32.2. The molecule has 0 bridgehead atoms. The molecule has 0 fully saturated rings. The van der Waals surface area contributed by atoms with Gasteiger partial charge in [0, 0.05) is 36.3 Å². The lowest BCUT2D eigenvalue weighted by molar-refractivity contribution is -0.133. The Morgan fingerprint density at radius 2 is 1.63 bits per heavy atom. The van der Waals surface area contributed by atoms with E-state index in [1.165, 1.54) is 32.0 Å². The second-order valence-electron chi connectivity index (χ2n) is 9.44. The average molecular weight is 587 g/mol. The molecule has 1 aliphatic heterocycles. The Kier molecular flexibility index (Phi) is 10.7. The van der Waals surface area contributed by atoms with Gasteiger partial charge >= 0.3 is 11.9 Å². The topological polar surface area (TPSA) is 171 Å². The standard InChI is InChI=1S/C29H34N2O9S/c1-18-25(28(33)34)27(26(29(35)36)19(2)31-18)23-15-22(41(3,37)38)11-12-24(23)39-14-8-7-13-30-16-20(32)17-40-21-9-5-4-6-10-21/h4-12,15,20,27,30-32H,13-14,16-17H2,1-3H3,(H,33,34)(H,35,36)/b8-7+/t20-/m0/s1. The maximum absolute atomic E-state index is 12.3. The van der Waals surface area contributed by atoms with Crippen LogP contribution in [0.3, 0.4) is 0 Å². The zero-order chi connectivity index (χ0) is 30.2. The first-order valence-corrected chi connectivity index (χ1v) is 14.6. The van der Waals surface area contributed by atoms with Gasteiger partial charge in [0.15, 0.2) is 9.84 Å². The molecule has 0 unspecified atom stereocenters. The number of carboxylic acids is 2. The summed E-state index contributed by atoms with van der Waals surface area (Å²) in [5, 5.41) is 35.9. The van der Waals surface area contributed by atoms with Crippen molar-refractivity contribution in [1.29, 1.82) is 0 Å². The third kappa shape index (κ3) is 8.43. The summed E-state index contributed by atoms with van der Waals surface area (Å²) in [6.07, 6.45) is 3.74. The van der Waals surface area contributed by atoms with Gasteiger partial charge in [0.25, 0.3) is 0 Å². The molecule has 0 saturated heterocycles. The number of sulfone groups is 1. The van der Waals surface area contributed by atoms with Gasteiger partial charge in [-0.3, -0.25) is 0 Å². The predicted octanol–water partition coefficient (Wildman–Crippen LogP) is 2.46. The molecular formula is C29H34N2O9S. The number of benzene rings is 2. The van der Waals surface area contributed by atoms with Crippen LogP contribution in [-0.2, 0) is 19.4 Å². The molecule has 3 rings (SSSR count). The summed E-state index contributed by atoms with van der Waals surface area (Å²) in [6, 6.07) is 13.1. The molecule has 0 amide bonds. The summed E-state index contributed by atoms with van der Waals surface area (Å²) >= 11 is 0. The lowest BCUT2D eigenvalue weighted by Gasteiger charge is -2.30. The van der Waals surface area contributed by atoms with E-state index in [1.807, 2.05) is 18.2 Å². The number of ether oxygens (including phenoxy) is 2. The van der Waals surface area contributed by atoms with Crippen molar-refractivity contribution in [2.24, 2.45) is 0 Å². The number of carbonyl (C=O) groups is 2. The van der Waals surface area contributed by atoms with Crippen LogP contribution in [-0.4, -0.2) is 74.3 Å². The van der Waals surface area contributed by atoms with E-state index in [-0.39, 0.29) is 58.5 Å². The molecule has 5 N–H and O–H groups in total. The first-order valence-electron chi connectivity index (χ1n) is 12.7. The van der Waals surface area contributed by atoms with Crippen molar-refractivity contribution in [3.8, 4) is 11.5 Å². The van der Waals surface area contributed by atoms with Gasteiger partial charge in [-0.15, -0.1) is 0 Å². The minimum absolute atomic E-state index is 0.0355. The van der Waals surface area contributed by atoms with Crippen molar-refractivity contribution in [2.45, 2.75) is 30.8 Å². The SMILES string of the molecule is CC1=C(C(=O)O)C(c2cc(S(C)(=O)=O)ccc2OC/C=C/CNC[C@H](O)COc2ccccc2)C(C(=O)O)=C(C)N1. The normalized spacial score (nSPS) is 15.1. The van der Waals surface area contributed by atoms with Gasteiger partial charge < -0.3 is 35.4 Å². The number of carboxylic acid groups (broad SMARTS) is 2. The van der Waals surface area contributed by atoms with Gasteiger partial charge in [-0.05, 0) is 44.2 Å². The van der Waals surface area contributed by atoms with Gasteiger partial charge in [0.1, 0.15) is 30.8 Å². The monoisotopic (exact) mass is 586 g/mol. The maximum Gasteiger partial charge on any atom is 0.334 e. The molecule has 1 atom stereocenters. The number of hydrogen-bond donors (Lipinski definition) is 5. The third-order valence-corrected chi connectivity index (χ3v) is 7.38. The van der Waals surface area contributed by atoms with Crippen LogP contribution in [0.5, 0.6) is 11.5 Å². The third-order valence-electron chi connectivity index (χ3n) is 6.27. The van der Waals surface area contributed by atoms with Crippen LogP contribution in [0.2, 0.25) is 0 Å². The Balaban J connectivity index is 1.72. The van der Waals surface area contributed by atoms with E-state index in [1.54, 1.807) is 24.3 Å². The van der Waals surface area contributed by atoms with Gasteiger partial charge in [0.2, 0.25) is 0 Å². The molecule has 1 aliphatic rings. The van der Waals surface area contributed by atoms with E-state index >= 15 is 0 Å². The number of rotatable bonds is 14. The zero-order valence-corrected chi connectivity index (χ0v) is 23.8. The lowest BCUT2D eigenvalue weighted by Crippen LogP contribution is -2.31. The van der Waals surface area contributed by atoms with Crippen LogP contribution in [0.15, 0.2) is 88.1 Å². The van der Waals surface area contributed by atoms with E-state index in [2.05, 4.69) is 10.6 Å². The van der Waals surface area contributed by atoms with E-state index in [0.717, 1.165) is 6.26 Å². The van der Waals surface area contributed by atoms with E-state index < -0.39 is 33.8 Å². The Hall–Kier alpha value is -4.13. The van der Waals surface area contributed by atoms with Crippen molar-refractivity contribution in [2.75, 3.05) is 32.6 Å². The highest BCUT2D eigenvalue weighted by Gasteiger charge is 2.38. The fraction of sp³-hybridized carbons (Fsp3) is 0.310.